The number of benzene rings is 2. The third-order valence-corrected chi connectivity index (χ3v) is 6.30. The van der Waals surface area contributed by atoms with Crippen molar-refractivity contribution in [1.82, 2.24) is 9.55 Å². The lowest BCUT2D eigenvalue weighted by molar-refractivity contribution is -0.116. The summed E-state index contributed by atoms with van der Waals surface area (Å²) in [5.74, 6) is 0.788. The van der Waals surface area contributed by atoms with E-state index in [1.807, 2.05) is 6.92 Å². The van der Waals surface area contributed by atoms with Crippen LogP contribution in [0.1, 0.15) is 13.3 Å². The molecule has 8 nitrogen and oxygen atoms in total. The number of anilines is 1. The van der Waals surface area contributed by atoms with E-state index in [1.54, 1.807) is 41.0 Å². The van der Waals surface area contributed by atoms with Crippen LogP contribution >= 0.6 is 0 Å². The van der Waals surface area contributed by atoms with E-state index in [9.17, 15) is 13.2 Å². The molecule has 3 aromatic rings. The second kappa shape index (κ2) is 8.52. The molecule has 0 saturated heterocycles. The predicted molar refractivity (Wildman–Crippen MR) is 110 cm³/mol. The van der Waals surface area contributed by atoms with Crippen molar-refractivity contribution in [3.63, 3.8) is 0 Å². The molecular weight excluding hydrogens is 394 g/mol. The van der Waals surface area contributed by atoms with E-state index in [2.05, 4.69) is 10.3 Å². The van der Waals surface area contributed by atoms with Crippen molar-refractivity contribution in [3.8, 4) is 11.5 Å². The van der Waals surface area contributed by atoms with Crippen LogP contribution < -0.4 is 14.8 Å². The molecule has 1 heterocycles. The highest BCUT2D eigenvalue weighted by Crippen LogP contribution is 2.27. The summed E-state index contributed by atoms with van der Waals surface area (Å²) in [4.78, 5) is 17.1. The number of para-hydroxylation sites is 1. The van der Waals surface area contributed by atoms with Crippen LogP contribution in [-0.2, 0) is 21.2 Å². The van der Waals surface area contributed by atoms with Crippen molar-refractivity contribution in [2.75, 3.05) is 25.3 Å². The van der Waals surface area contributed by atoms with Gasteiger partial charge in [0.05, 0.1) is 42.2 Å². The molecule has 0 saturated carbocycles. The molecular formula is C20H23N3O5S. The summed E-state index contributed by atoms with van der Waals surface area (Å²) in [7, 11) is -0.419. The van der Waals surface area contributed by atoms with Crippen molar-refractivity contribution in [1.29, 1.82) is 0 Å². The number of carbonyl (C=O) groups excluding carboxylic acids is 1. The molecule has 1 amide bonds. The van der Waals surface area contributed by atoms with Gasteiger partial charge in [-0.1, -0.05) is 13.0 Å². The number of methoxy groups -OCH3 is 2. The van der Waals surface area contributed by atoms with Crippen LogP contribution in [0.4, 0.5) is 5.69 Å². The second-order valence-electron chi connectivity index (χ2n) is 6.46. The van der Waals surface area contributed by atoms with Gasteiger partial charge in [-0.3, -0.25) is 4.79 Å². The van der Waals surface area contributed by atoms with E-state index >= 15 is 0 Å². The smallest absolute Gasteiger partial charge is 0.244 e. The minimum absolute atomic E-state index is 0.0348. The number of hydrogen-bond acceptors (Lipinski definition) is 6. The molecule has 154 valence electrons. The Morgan fingerprint density at radius 1 is 1.14 bits per heavy atom. The fraction of sp³-hybridized carbons (Fsp3) is 0.300. The molecule has 0 unspecified atom stereocenters. The Hall–Kier alpha value is -3.07. The van der Waals surface area contributed by atoms with Crippen LogP contribution in [0, 0.1) is 0 Å². The largest absolute Gasteiger partial charge is 0.497 e. The van der Waals surface area contributed by atoms with Crippen molar-refractivity contribution in [2.24, 2.45) is 0 Å². The van der Waals surface area contributed by atoms with Crippen LogP contribution in [0.5, 0.6) is 11.5 Å². The number of nitrogens with one attached hydrogen (secondary N) is 1. The molecule has 3 rings (SSSR count). The Labute approximate surface area is 169 Å². The molecule has 1 aromatic heterocycles. The highest BCUT2D eigenvalue weighted by Gasteiger charge is 2.20. The van der Waals surface area contributed by atoms with Gasteiger partial charge in [-0.05, 0) is 18.6 Å². The van der Waals surface area contributed by atoms with Gasteiger partial charge in [-0.25, -0.2) is 13.4 Å². The number of ether oxygens (including phenoxy) is 2. The number of aromatic nitrogens is 2. The molecule has 0 aliphatic rings. The average Bonchev–Trinajstić information content (AvgIpc) is 3.10. The molecule has 0 bridgehead atoms. The van der Waals surface area contributed by atoms with E-state index in [0.29, 0.717) is 34.6 Å². The van der Waals surface area contributed by atoms with Gasteiger partial charge in [0.1, 0.15) is 18.0 Å². The van der Waals surface area contributed by atoms with Gasteiger partial charge in [0, 0.05) is 23.9 Å². The fourth-order valence-electron chi connectivity index (χ4n) is 3.08. The Morgan fingerprint density at radius 3 is 2.45 bits per heavy atom. The third-order valence-electron chi connectivity index (χ3n) is 4.36. The van der Waals surface area contributed by atoms with Crippen molar-refractivity contribution in [2.45, 2.75) is 24.8 Å². The lowest BCUT2D eigenvalue weighted by Crippen LogP contribution is -2.19. The number of imidazole rings is 1. The Morgan fingerprint density at radius 2 is 1.83 bits per heavy atom. The zero-order chi connectivity index (χ0) is 21.0. The summed E-state index contributed by atoms with van der Waals surface area (Å²) in [6.07, 6.45) is 1.98. The molecule has 1 N–H and O–H groups in total. The molecule has 0 aliphatic heterocycles. The minimum Gasteiger partial charge on any atom is -0.497 e. The first-order valence-corrected chi connectivity index (χ1v) is 10.7. The van der Waals surface area contributed by atoms with E-state index in [-0.39, 0.29) is 23.1 Å². The maximum absolute atomic E-state index is 12.6. The number of sulfone groups is 1. The summed E-state index contributed by atoms with van der Waals surface area (Å²) in [5.41, 5.74) is 1.46. The molecule has 9 heteroatoms. The number of hydrogen-bond donors (Lipinski definition) is 1. The Bertz CT molecular complexity index is 1120. The normalized spacial score (nSPS) is 11.4. The summed E-state index contributed by atoms with van der Waals surface area (Å²) < 4.78 is 37.2. The number of fused-ring (bicyclic) bond motifs is 1. The van der Waals surface area contributed by atoms with Crippen LogP contribution in [0.25, 0.3) is 11.0 Å². The molecule has 0 spiro atoms. The van der Waals surface area contributed by atoms with Gasteiger partial charge in [0.15, 0.2) is 9.84 Å². The Kier molecular flexibility index (Phi) is 6.07. The Balaban J connectivity index is 1.90. The maximum atomic E-state index is 12.6. The standard InChI is InChI=1S/C20H23N3O5S/c1-4-8-29(25,26)18-7-5-6-17-20(18)23(13-21-17)12-19(24)22-14-9-15(27-2)11-16(10-14)28-3/h5-7,9-11,13H,4,8,12H2,1-3H3,(H,22,24). The van der Waals surface area contributed by atoms with E-state index in [1.165, 1.54) is 20.5 Å². The van der Waals surface area contributed by atoms with E-state index in [4.69, 9.17) is 9.47 Å². The number of amides is 1. The predicted octanol–water partition coefficient (Wildman–Crippen LogP) is 2.88. The van der Waals surface area contributed by atoms with Gasteiger partial charge in [-0.15, -0.1) is 0 Å². The van der Waals surface area contributed by atoms with Crippen molar-refractivity contribution in [3.05, 3.63) is 42.7 Å². The zero-order valence-electron chi connectivity index (χ0n) is 16.5. The summed E-state index contributed by atoms with van der Waals surface area (Å²) in [6.45, 7) is 1.72. The lowest BCUT2D eigenvalue weighted by atomic mass is 10.2. The second-order valence-corrected chi connectivity index (χ2v) is 8.54. The van der Waals surface area contributed by atoms with Gasteiger partial charge in [0.2, 0.25) is 5.91 Å². The van der Waals surface area contributed by atoms with Gasteiger partial charge >= 0.3 is 0 Å². The van der Waals surface area contributed by atoms with Crippen molar-refractivity contribution >= 4 is 32.5 Å². The van der Waals surface area contributed by atoms with Crippen LogP contribution in [0.2, 0.25) is 0 Å². The monoisotopic (exact) mass is 417 g/mol. The van der Waals surface area contributed by atoms with Crippen LogP contribution in [-0.4, -0.2) is 43.8 Å². The summed E-state index contributed by atoms with van der Waals surface area (Å²) >= 11 is 0. The lowest BCUT2D eigenvalue weighted by Gasteiger charge is -2.11. The molecule has 0 aliphatic carbocycles. The maximum Gasteiger partial charge on any atom is 0.244 e. The molecule has 29 heavy (non-hydrogen) atoms. The molecule has 0 radical (unpaired) electrons. The van der Waals surface area contributed by atoms with Crippen LogP contribution in [0.15, 0.2) is 47.6 Å². The topological polar surface area (TPSA) is 99.5 Å². The van der Waals surface area contributed by atoms with Gasteiger partial charge in [0.25, 0.3) is 0 Å². The average molecular weight is 417 g/mol. The van der Waals surface area contributed by atoms with E-state index in [0.717, 1.165) is 0 Å². The van der Waals surface area contributed by atoms with Gasteiger partial charge < -0.3 is 19.4 Å². The molecule has 0 atom stereocenters. The minimum atomic E-state index is -3.47. The first-order valence-electron chi connectivity index (χ1n) is 9.07. The number of carbonyl (C=O) groups is 1. The highest BCUT2D eigenvalue weighted by atomic mass is 32.2. The first kappa shape index (κ1) is 20.7. The SMILES string of the molecule is CCCS(=O)(=O)c1cccc2ncn(CC(=O)Nc3cc(OC)cc(OC)c3)c12. The number of nitrogens with zero attached hydrogens (tertiary/aromatic N) is 2. The zero-order valence-corrected chi connectivity index (χ0v) is 17.3. The van der Waals surface area contributed by atoms with Crippen molar-refractivity contribution < 1.29 is 22.7 Å². The fourth-order valence-corrected chi connectivity index (χ4v) is 4.64. The first-order chi connectivity index (χ1) is 13.9. The number of rotatable bonds is 8. The molecule has 2 aromatic carbocycles. The quantitative estimate of drug-likeness (QED) is 0.605. The van der Waals surface area contributed by atoms with Crippen LogP contribution in [0.3, 0.4) is 0 Å². The van der Waals surface area contributed by atoms with E-state index < -0.39 is 9.84 Å². The summed E-state index contributed by atoms with van der Waals surface area (Å²) in [5, 5.41) is 2.78. The van der Waals surface area contributed by atoms with Gasteiger partial charge in [-0.2, -0.15) is 0 Å². The summed E-state index contributed by atoms with van der Waals surface area (Å²) in [6, 6.07) is 9.97. The third kappa shape index (κ3) is 4.51. The highest BCUT2D eigenvalue weighted by molar-refractivity contribution is 7.91. The molecule has 0 fully saturated rings.